The van der Waals surface area contributed by atoms with Crippen LogP contribution in [0.5, 0.6) is 0 Å². The second-order valence-electron chi connectivity index (χ2n) is 5.31. The number of aliphatic hydroxyl groups excluding tert-OH is 1. The lowest BCUT2D eigenvalue weighted by Gasteiger charge is -2.29. The van der Waals surface area contributed by atoms with Crippen molar-refractivity contribution in [3.05, 3.63) is 12.2 Å². The Kier molecular flexibility index (Phi) is 3.81. The highest BCUT2D eigenvalue weighted by molar-refractivity contribution is 5.06. The lowest BCUT2D eigenvalue weighted by Crippen LogP contribution is -2.39. The first-order chi connectivity index (χ1) is 7.28. The van der Waals surface area contributed by atoms with Crippen LogP contribution in [0.4, 0.5) is 0 Å². The molecule has 15 heavy (non-hydrogen) atoms. The summed E-state index contributed by atoms with van der Waals surface area (Å²) in [5.41, 5.74) is 0. The Morgan fingerprint density at radius 2 is 2.13 bits per heavy atom. The maximum atomic E-state index is 9.05. The van der Waals surface area contributed by atoms with Gasteiger partial charge >= 0.3 is 0 Å². The molecule has 0 saturated heterocycles. The Labute approximate surface area is 92.8 Å². The topological polar surface area (TPSA) is 32.3 Å². The van der Waals surface area contributed by atoms with Crippen LogP contribution in [0, 0.1) is 11.8 Å². The van der Waals surface area contributed by atoms with Crippen LogP contribution in [0.2, 0.25) is 0 Å². The molecular formula is C13H23NO. The summed E-state index contributed by atoms with van der Waals surface area (Å²) in [5, 5.41) is 12.8. The molecule has 0 radical (unpaired) electrons. The van der Waals surface area contributed by atoms with Crippen LogP contribution in [0.15, 0.2) is 12.2 Å². The maximum absolute atomic E-state index is 9.05. The highest BCUT2D eigenvalue weighted by Crippen LogP contribution is 2.25. The van der Waals surface area contributed by atoms with Gasteiger partial charge in [-0.25, -0.2) is 0 Å². The minimum atomic E-state index is 0.301. The van der Waals surface area contributed by atoms with E-state index in [1.54, 1.807) is 0 Å². The summed E-state index contributed by atoms with van der Waals surface area (Å²) in [6.07, 6.45) is 10.9. The van der Waals surface area contributed by atoms with Crippen molar-refractivity contribution in [1.82, 2.24) is 5.32 Å². The number of hydrogen-bond acceptors (Lipinski definition) is 2. The third-order valence-corrected chi connectivity index (χ3v) is 3.79. The van der Waals surface area contributed by atoms with E-state index in [1.165, 1.54) is 25.7 Å². The van der Waals surface area contributed by atoms with Crippen molar-refractivity contribution in [2.75, 3.05) is 6.61 Å². The first-order valence-corrected chi connectivity index (χ1v) is 6.33. The van der Waals surface area contributed by atoms with Gasteiger partial charge in [-0.1, -0.05) is 31.9 Å². The predicted molar refractivity (Wildman–Crippen MR) is 62.7 cm³/mol. The van der Waals surface area contributed by atoms with Crippen molar-refractivity contribution in [1.29, 1.82) is 0 Å². The van der Waals surface area contributed by atoms with Gasteiger partial charge in [0, 0.05) is 24.6 Å². The molecule has 2 nitrogen and oxygen atoms in total. The maximum Gasteiger partial charge on any atom is 0.0494 e. The van der Waals surface area contributed by atoms with Crippen LogP contribution in [-0.4, -0.2) is 23.8 Å². The van der Waals surface area contributed by atoms with Crippen molar-refractivity contribution < 1.29 is 5.11 Å². The third-order valence-electron chi connectivity index (χ3n) is 3.79. The Morgan fingerprint density at radius 1 is 1.27 bits per heavy atom. The van der Waals surface area contributed by atoms with Gasteiger partial charge in [0.1, 0.15) is 0 Å². The summed E-state index contributed by atoms with van der Waals surface area (Å²) in [6.45, 7) is 2.66. The normalized spacial score (nSPS) is 40.9. The van der Waals surface area contributed by atoms with Crippen LogP contribution in [0.3, 0.4) is 0 Å². The van der Waals surface area contributed by atoms with Crippen molar-refractivity contribution in [3.63, 3.8) is 0 Å². The van der Waals surface area contributed by atoms with E-state index >= 15 is 0 Å². The molecule has 0 heterocycles. The number of rotatable bonds is 3. The quantitative estimate of drug-likeness (QED) is 0.698. The van der Waals surface area contributed by atoms with Gasteiger partial charge in [-0.3, -0.25) is 0 Å². The summed E-state index contributed by atoms with van der Waals surface area (Å²) in [4.78, 5) is 0. The molecule has 2 aliphatic carbocycles. The summed E-state index contributed by atoms with van der Waals surface area (Å²) >= 11 is 0. The highest BCUT2D eigenvalue weighted by Gasteiger charge is 2.24. The van der Waals surface area contributed by atoms with Gasteiger partial charge in [-0.15, -0.1) is 0 Å². The number of nitrogens with one attached hydrogen (secondary N) is 1. The fraction of sp³-hybridized carbons (Fsp3) is 0.846. The van der Waals surface area contributed by atoms with Gasteiger partial charge in [0.05, 0.1) is 0 Å². The van der Waals surface area contributed by atoms with Crippen LogP contribution in [-0.2, 0) is 0 Å². The molecule has 1 saturated carbocycles. The van der Waals surface area contributed by atoms with Crippen molar-refractivity contribution in [2.45, 2.75) is 51.1 Å². The molecule has 0 amide bonds. The monoisotopic (exact) mass is 209 g/mol. The van der Waals surface area contributed by atoms with Gasteiger partial charge in [0.25, 0.3) is 0 Å². The second-order valence-corrected chi connectivity index (χ2v) is 5.31. The largest absolute Gasteiger partial charge is 0.396 e. The summed E-state index contributed by atoms with van der Waals surface area (Å²) < 4.78 is 0. The van der Waals surface area contributed by atoms with Crippen LogP contribution < -0.4 is 5.32 Å². The molecular weight excluding hydrogens is 186 g/mol. The first-order valence-electron chi connectivity index (χ1n) is 6.33. The Bertz CT molecular complexity index is 227. The first kappa shape index (κ1) is 11.2. The highest BCUT2D eigenvalue weighted by atomic mass is 16.3. The van der Waals surface area contributed by atoms with E-state index in [9.17, 15) is 0 Å². The zero-order valence-electron chi connectivity index (χ0n) is 9.65. The molecule has 2 aliphatic rings. The minimum absolute atomic E-state index is 0.301. The van der Waals surface area contributed by atoms with Crippen LogP contribution in [0.1, 0.15) is 39.0 Å². The Balaban J connectivity index is 1.75. The molecule has 2 heteroatoms. The van der Waals surface area contributed by atoms with Crippen LogP contribution >= 0.6 is 0 Å². The van der Waals surface area contributed by atoms with Crippen molar-refractivity contribution in [3.8, 4) is 0 Å². The van der Waals surface area contributed by atoms with E-state index in [4.69, 9.17) is 5.11 Å². The molecule has 86 valence electrons. The van der Waals surface area contributed by atoms with Gasteiger partial charge in [-0.2, -0.15) is 0 Å². The smallest absolute Gasteiger partial charge is 0.0494 e. The van der Waals surface area contributed by atoms with Crippen molar-refractivity contribution in [2.24, 2.45) is 11.8 Å². The van der Waals surface area contributed by atoms with Crippen LogP contribution in [0.25, 0.3) is 0 Å². The molecule has 0 aromatic rings. The second kappa shape index (κ2) is 5.13. The average molecular weight is 209 g/mol. The standard InChI is InChI=1S/C13H23NO/c1-10-3-2-4-12(7-10)14-13-6-5-11(8-13)9-15/h5-6,10-15H,2-4,7-9H2,1H3/t10-,11-,12-,13+/m0/s1. The van der Waals surface area contributed by atoms with Gasteiger partial charge in [-0.05, 0) is 25.2 Å². The van der Waals surface area contributed by atoms with E-state index < -0.39 is 0 Å². The fourth-order valence-electron chi connectivity index (χ4n) is 2.92. The Hall–Kier alpha value is -0.340. The predicted octanol–water partition coefficient (Wildman–Crippen LogP) is 2.09. The zero-order valence-corrected chi connectivity index (χ0v) is 9.65. The summed E-state index contributed by atoms with van der Waals surface area (Å²) in [6, 6.07) is 1.22. The molecule has 0 spiro atoms. The molecule has 0 aliphatic heterocycles. The SMILES string of the molecule is C[C@H]1CCC[C@H](N[C@@H]2C=C[C@H](CO)C2)C1. The lowest BCUT2D eigenvalue weighted by molar-refractivity contribution is 0.237. The zero-order chi connectivity index (χ0) is 10.7. The molecule has 0 bridgehead atoms. The Morgan fingerprint density at radius 3 is 2.80 bits per heavy atom. The fourth-order valence-corrected chi connectivity index (χ4v) is 2.92. The van der Waals surface area contributed by atoms with E-state index in [-0.39, 0.29) is 0 Å². The van der Waals surface area contributed by atoms with Gasteiger partial charge in [0.2, 0.25) is 0 Å². The summed E-state index contributed by atoms with van der Waals surface area (Å²) in [7, 11) is 0. The molecule has 1 fully saturated rings. The minimum Gasteiger partial charge on any atom is -0.396 e. The van der Waals surface area contributed by atoms with E-state index in [0.717, 1.165) is 12.3 Å². The van der Waals surface area contributed by atoms with E-state index in [0.29, 0.717) is 24.6 Å². The molecule has 4 atom stereocenters. The number of hydrogen-bond donors (Lipinski definition) is 2. The molecule has 2 rings (SSSR count). The van der Waals surface area contributed by atoms with Gasteiger partial charge in [0.15, 0.2) is 0 Å². The lowest BCUT2D eigenvalue weighted by atomic mass is 9.86. The van der Waals surface area contributed by atoms with Gasteiger partial charge < -0.3 is 10.4 Å². The molecule has 0 aromatic heterocycles. The average Bonchev–Trinajstić information content (AvgIpc) is 2.65. The summed E-state index contributed by atoms with van der Waals surface area (Å²) in [5.74, 6) is 1.28. The van der Waals surface area contributed by atoms with Crippen molar-refractivity contribution >= 4 is 0 Å². The van der Waals surface area contributed by atoms with E-state index in [1.807, 2.05) is 0 Å². The molecule has 0 unspecified atom stereocenters. The molecule has 0 aromatic carbocycles. The third kappa shape index (κ3) is 3.05. The molecule has 2 N–H and O–H groups in total. The number of aliphatic hydroxyl groups is 1. The van der Waals surface area contributed by atoms with E-state index in [2.05, 4.69) is 24.4 Å².